The lowest BCUT2D eigenvalue weighted by Gasteiger charge is -2.28. The third-order valence-corrected chi connectivity index (χ3v) is 3.04. The van der Waals surface area contributed by atoms with Crippen LogP contribution in [0.15, 0.2) is 0 Å². The highest BCUT2D eigenvalue weighted by Crippen LogP contribution is 2.20. The Morgan fingerprint density at radius 1 is 1.33 bits per heavy atom. The molecule has 15 heavy (non-hydrogen) atoms. The van der Waals surface area contributed by atoms with E-state index in [-0.39, 0.29) is 0 Å². The first kappa shape index (κ1) is 14.2. The molecule has 0 atom stereocenters. The van der Waals surface area contributed by atoms with Crippen LogP contribution in [-0.2, 0) is 4.79 Å². The van der Waals surface area contributed by atoms with Gasteiger partial charge in [0.1, 0.15) is 0 Å². The SMILES string of the molecule is CN(C)C(=S)N(C)CCC(C)(C)C(=O)O. The fourth-order valence-corrected chi connectivity index (χ4v) is 1.08. The van der Waals surface area contributed by atoms with Crippen molar-refractivity contribution in [3.05, 3.63) is 0 Å². The summed E-state index contributed by atoms with van der Waals surface area (Å²) in [4.78, 5) is 14.6. The first-order valence-electron chi connectivity index (χ1n) is 4.84. The summed E-state index contributed by atoms with van der Waals surface area (Å²) in [6, 6.07) is 0. The molecule has 0 bridgehead atoms. The van der Waals surface area contributed by atoms with Crippen molar-refractivity contribution in [3.8, 4) is 0 Å². The maximum absolute atomic E-state index is 10.9. The second kappa shape index (κ2) is 5.30. The molecular weight excluding hydrogens is 212 g/mol. The molecule has 0 aliphatic carbocycles. The molecule has 0 aromatic heterocycles. The van der Waals surface area contributed by atoms with E-state index in [0.717, 1.165) is 5.11 Å². The summed E-state index contributed by atoms with van der Waals surface area (Å²) < 4.78 is 0. The fourth-order valence-electron chi connectivity index (χ4n) is 0.991. The average Bonchev–Trinajstić information content (AvgIpc) is 2.12. The number of carboxylic acid groups (broad SMARTS) is 1. The quantitative estimate of drug-likeness (QED) is 0.739. The summed E-state index contributed by atoms with van der Waals surface area (Å²) in [5, 5.41) is 9.66. The zero-order valence-corrected chi connectivity index (χ0v) is 10.9. The van der Waals surface area contributed by atoms with Crippen LogP contribution in [0.2, 0.25) is 0 Å². The van der Waals surface area contributed by atoms with Crippen molar-refractivity contribution in [3.63, 3.8) is 0 Å². The number of thiocarbonyl (C=S) groups is 1. The lowest BCUT2D eigenvalue weighted by molar-refractivity contribution is -0.147. The van der Waals surface area contributed by atoms with Gasteiger partial charge in [0.05, 0.1) is 5.41 Å². The Balaban J connectivity index is 4.17. The highest BCUT2D eigenvalue weighted by atomic mass is 32.1. The van der Waals surface area contributed by atoms with Crippen LogP contribution < -0.4 is 0 Å². The van der Waals surface area contributed by atoms with Gasteiger partial charge in [-0.1, -0.05) is 0 Å². The molecule has 4 nitrogen and oxygen atoms in total. The Kier molecular flexibility index (Phi) is 5.00. The number of hydrogen-bond acceptors (Lipinski definition) is 2. The largest absolute Gasteiger partial charge is 0.481 e. The molecule has 0 aromatic carbocycles. The highest BCUT2D eigenvalue weighted by molar-refractivity contribution is 7.80. The maximum Gasteiger partial charge on any atom is 0.309 e. The predicted octanol–water partition coefficient (Wildman–Crippen LogP) is 1.27. The molecule has 88 valence electrons. The molecule has 0 heterocycles. The van der Waals surface area contributed by atoms with Crippen LogP contribution >= 0.6 is 12.2 Å². The molecular formula is C10H20N2O2S. The van der Waals surface area contributed by atoms with Crippen molar-refractivity contribution < 1.29 is 9.90 Å². The lowest BCUT2D eigenvalue weighted by Crippen LogP contribution is -2.39. The third kappa shape index (κ3) is 4.46. The van der Waals surface area contributed by atoms with E-state index in [0.29, 0.717) is 13.0 Å². The normalized spacial score (nSPS) is 11.0. The van der Waals surface area contributed by atoms with Crippen molar-refractivity contribution in [1.29, 1.82) is 0 Å². The summed E-state index contributed by atoms with van der Waals surface area (Å²) in [5.74, 6) is -0.772. The average molecular weight is 232 g/mol. The number of rotatable bonds is 4. The summed E-state index contributed by atoms with van der Waals surface area (Å²) in [6.07, 6.45) is 0.576. The molecule has 0 saturated heterocycles. The Bertz CT molecular complexity index is 252. The molecule has 1 N–H and O–H groups in total. The third-order valence-electron chi connectivity index (χ3n) is 2.36. The van der Waals surface area contributed by atoms with Crippen LogP contribution in [0.3, 0.4) is 0 Å². The van der Waals surface area contributed by atoms with Gasteiger partial charge in [-0.05, 0) is 32.5 Å². The zero-order chi connectivity index (χ0) is 12.2. The Morgan fingerprint density at radius 2 is 1.80 bits per heavy atom. The van der Waals surface area contributed by atoms with Crippen molar-refractivity contribution in [2.75, 3.05) is 27.7 Å². The topological polar surface area (TPSA) is 43.8 Å². The van der Waals surface area contributed by atoms with Crippen molar-refractivity contribution in [2.45, 2.75) is 20.3 Å². The van der Waals surface area contributed by atoms with E-state index in [1.807, 2.05) is 30.9 Å². The molecule has 5 heteroatoms. The minimum Gasteiger partial charge on any atom is -0.481 e. The second-order valence-electron chi connectivity index (χ2n) is 4.54. The first-order valence-corrected chi connectivity index (χ1v) is 5.25. The van der Waals surface area contributed by atoms with Gasteiger partial charge >= 0.3 is 5.97 Å². The lowest BCUT2D eigenvalue weighted by atomic mass is 9.89. The molecule has 0 amide bonds. The number of nitrogens with zero attached hydrogens (tertiary/aromatic N) is 2. The molecule has 0 aliphatic rings. The van der Waals surface area contributed by atoms with E-state index >= 15 is 0 Å². The van der Waals surface area contributed by atoms with E-state index in [2.05, 4.69) is 0 Å². The van der Waals surface area contributed by atoms with E-state index in [9.17, 15) is 4.79 Å². The summed E-state index contributed by atoms with van der Waals surface area (Å²) in [5.41, 5.74) is -0.698. The summed E-state index contributed by atoms with van der Waals surface area (Å²) in [6.45, 7) is 4.10. The van der Waals surface area contributed by atoms with Gasteiger partial charge < -0.3 is 14.9 Å². The number of carbonyl (C=O) groups is 1. The van der Waals surface area contributed by atoms with Gasteiger partial charge in [-0.2, -0.15) is 0 Å². The highest BCUT2D eigenvalue weighted by Gasteiger charge is 2.27. The maximum atomic E-state index is 10.9. The molecule has 0 aromatic rings. The first-order chi connectivity index (χ1) is 6.68. The number of carboxylic acids is 1. The molecule has 0 radical (unpaired) electrons. The number of hydrogen-bond donors (Lipinski definition) is 1. The predicted molar refractivity (Wildman–Crippen MR) is 64.9 cm³/mol. The summed E-state index contributed by atoms with van der Waals surface area (Å²) in [7, 11) is 5.63. The second-order valence-corrected chi connectivity index (χ2v) is 4.90. The van der Waals surface area contributed by atoms with Gasteiger partial charge in [-0.25, -0.2) is 0 Å². The van der Waals surface area contributed by atoms with Gasteiger partial charge in [0.25, 0.3) is 0 Å². The minimum atomic E-state index is -0.772. The fraction of sp³-hybridized carbons (Fsp3) is 0.800. The summed E-state index contributed by atoms with van der Waals surface area (Å²) >= 11 is 5.16. The van der Waals surface area contributed by atoms with E-state index < -0.39 is 11.4 Å². The van der Waals surface area contributed by atoms with E-state index in [1.54, 1.807) is 13.8 Å². The molecule has 0 aliphatic heterocycles. The van der Waals surface area contributed by atoms with Gasteiger partial charge in [0.15, 0.2) is 5.11 Å². The Morgan fingerprint density at radius 3 is 2.13 bits per heavy atom. The monoisotopic (exact) mass is 232 g/mol. The van der Waals surface area contributed by atoms with E-state index in [4.69, 9.17) is 17.3 Å². The molecule has 0 rings (SSSR count). The van der Waals surface area contributed by atoms with Gasteiger partial charge in [-0.3, -0.25) is 4.79 Å². The Hall–Kier alpha value is -0.840. The Labute approximate surface area is 96.9 Å². The minimum absolute atomic E-state index is 0.576. The van der Waals surface area contributed by atoms with Crippen LogP contribution in [0.5, 0.6) is 0 Å². The van der Waals surface area contributed by atoms with Crippen LogP contribution in [0.4, 0.5) is 0 Å². The van der Waals surface area contributed by atoms with Crippen molar-refractivity contribution in [2.24, 2.45) is 5.41 Å². The van der Waals surface area contributed by atoms with Gasteiger partial charge in [0.2, 0.25) is 0 Å². The van der Waals surface area contributed by atoms with E-state index in [1.165, 1.54) is 0 Å². The molecule has 0 unspecified atom stereocenters. The van der Waals surface area contributed by atoms with Gasteiger partial charge in [0, 0.05) is 27.7 Å². The standard InChI is InChI=1S/C10H20N2O2S/c1-10(2,8(13)14)6-7-12(5)9(15)11(3)4/h6-7H2,1-5H3,(H,13,14). The van der Waals surface area contributed by atoms with Crippen LogP contribution in [-0.4, -0.2) is 53.7 Å². The van der Waals surface area contributed by atoms with Crippen molar-refractivity contribution in [1.82, 2.24) is 9.80 Å². The van der Waals surface area contributed by atoms with Crippen LogP contribution in [0, 0.1) is 5.41 Å². The molecule has 0 spiro atoms. The molecule has 0 saturated carbocycles. The van der Waals surface area contributed by atoms with Crippen LogP contribution in [0.1, 0.15) is 20.3 Å². The smallest absolute Gasteiger partial charge is 0.309 e. The zero-order valence-electron chi connectivity index (χ0n) is 10.1. The molecule has 0 fully saturated rings. The van der Waals surface area contributed by atoms with Gasteiger partial charge in [-0.15, -0.1) is 0 Å². The number of aliphatic carboxylic acids is 1. The van der Waals surface area contributed by atoms with Crippen LogP contribution in [0.25, 0.3) is 0 Å². The van der Waals surface area contributed by atoms with Crippen molar-refractivity contribution >= 4 is 23.3 Å².